The molecule has 0 saturated heterocycles. The molecule has 0 unspecified atom stereocenters. The van der Waals surface area contributed by atoms with E-state index in [0.29, 0.717) is 24.2 Å². The summed E-state index contributed by atoms with van der Waals surface area (Å²) in [5.74, 6) is -0.128. The van der Waals surface area contributed by atoms with E-state index >= 15 is 0 Å². The summed E-state index contributed by atoms with van der Waals surface area (Å²) < 4.78 is 0. The number of nitrogens with zero attached hydrogens (tertiary/aromatic N) is 3. The number of aromatic nitrogens is 1. The van der Waals surface area contributed by atoms with Crippen molar-refractivity contribution in [2.24, 2.45) is 0 Å². The smallest absolute Gasteiger partial charge is 0.260 e. The van der Waals surface area contributed by atoms with Gasteiger partial charge >= 0.3 is 0 Å². The fourth-order valence-electron chi connectivity index (χ4n) is 1.97. The number of benzene rings is 1. The van der Waals surface area contributed by atoms with E-state index in [4.69, 9.17) is 5.26 Å². The Kier molecular flexibility index (Phi) is 4.46. The molecule has 1 heterocycles. The lowest BCUT2D eigenvalue weighted by molar-refractivity contribution is 0.0986. The highest BCUT2D eigenvalue weighted by atomic mass is 16.2. The van der Waals surface area contributed by atoms with Gasteiger partial charge in [0.05, 0.1) is 18.1 Å². The van der Waals surface area contributed by atoms with E-state index in [1.165, 1.54) is 0 Å². The zero-order valence-electron chi connectivity index (χ0n) is 11.3. The molecule has 0 N–H and O–H groups in total. The van der Waals surface area contributed by atoms with E-state index in [1.807, 2.05) is 30.3 Å². The van der Waals surface area contributed by atoms with Gasteiger partial charge in [-0.3, -0.25) is 9.78 Å². The van der Waals surface area contributed by atoms with Crippen LogP contribution in [0.5, 0.6) is 0 Å². The van der Waals surface area contributed by atoms with Crippen LogP contribution < -0.4 is 4.90 Å². The summed E-state index contributed by atoms with van der Waals surface area (Å²) in [6, 6.07) is 14.9. The Labute approximate surface area is 118 Å². The molecule has 0 aliphatic carbocycles. The molecule has 1 aromatic carbocycles. The van der Waals surface area contributed by atoms with Crippen molar-refractivity contribution in [3.8, 4) is 6.07 Å². The fraction of sp³-hybridized carbons (Fsp3) is 0.188. The maximum atomic E-state index is 12.6. The number of pyridine rings is 1. The second-order valence-corrected chi connectivity index (χ2v) is 4.34. The first kappa shape index (κ1) is 13.8. The van der Waals surface area contributed by atoms with Gasteiger partial charge in [-0.2, -0.15) is 5.26 Å². The molecule has 0 bridgehead atoms. The quantitative estimate of drug-likeness (QED) is 0.854. The Morgan fingerprint density at radius 3 is 2.65 bits per heavy atom. The predicted octanol–water partition coefficient (Wildman–Crippen LogP) is 2.95. The molecule has 4 nitrogen and oxygen atoms in total. The molecule has 0 radical (unpaired) electrons. The molecule has 1 amide bonds. The Morgan fingerprint density at radius 2 is 2.00 bits per heavy atom. The van der Waals surface area contributed by atoms with Crippen LogP contribution in [0.4, 0.5) is 5.69 Å². The van der Waals surface area contributed by atoms with Gasteiger partial charge in [0.1, 0.15) is 0 Å². The zero-order chi connectivity index (χ0) is 14.4. The Bertz CT molecular complexity index is 632. The van der Waals surface area contributed by atoms with E-state index in [1.54, 1.807) is 30.2 Å². The first-order valence-corrected chi connectivity index (χ1v) is 6.39. The number of carbonyl (C=O) groups excluding carboxylic acids is 1. The van der Waals surface area contributed by atoms with E-state index < -0.39 is 0 Å². The number of anilines is 1. The lowest BCUT2D eigenvalue weighted by Gasteiger charge is -2.22. The third kappa shape index (κ3) is 3.01. The first-order valence-electron chi connectivity index (χ1n) is 6.39. The highest BCUT2D eigenvalue weighted by Crippen LogP contribution is 2.18. The molecule has 0 spiro atoms. The number of hydrogen-bond donors (Lipinski definition) is 0. The van der Waals surface area contributed by atoms with Gasteiger partial charge in [-0.05, 0) is 31.2 Å². The van der Waals surface area contributed by atoms with Crippen molar-refractivity contribution in [3.05, 3.63) is 59.9 Å². The van der Waals surface area contributed by atoms with Crippen molar-refractivity contribution in [2.45, 2.75) is 13.3 Å². The van der Waals surface area contributed by atoms with Crippen LogP contribution >= 0.6 is 0 Å². The van der Waals surface area contributed by atoms with Crippen LogP contribution in [0, 0.1) is 18.3 Å². The maximum Gasteiger partial charge on any atom is 0.260 e. The molecule has 1 aromatic heterocycles. The summed E-state index contributed by atoms with van der Waals surface area (Å²) in [6.45, 7) is 2.17. The number of carbonyl (C=O) groups is 1. The largest absolute Gasteiger partial charge is 0.307 e. The highest BCUT2D eigenvalue weighted by molar-refractivity contribution is 6.06. The average molecular weight is 265 g/mol. The van der Waals surface area contributed by atoms with Gasteiger partial charge in [0.25, 0.3) is 5.91 Å². The SMILES string of the molecule is Cc1ncccc1C(=O)N(CCC#N)c1ccccc1. The fourth-order valence-corrected chi connectivity index (χ4v) is 1.97. The second kappa shape index (κ2) is 6.48. The van der Waals surface area contributed by atoms with E-state index in [-0.39, 0.29) is 5.91 Å². The molecular weight excluding hydrogens is 250 g/mol. The normalized spacial score (nSPS) is 9.80. The minimum atomic E-state index is -0.128. The molecule has 2 aromatic rings. The van der Waals surface area contributed by atoms with Gasteiger partial charge in [-0.1, -0.05) is 18.2 Å². The number of rotatable bonds is 4. The first-order chi connectivity index (χ1) is 9.74. The number of hydrogen-bond acceptors (Lipinski definition) is 3. The van der Waals surface area contributed by atoms with Crippen molar-refractivity contribution in [3.63, 3.8) is 0 Å². The second-order valence-electron chi connectivity index (χ2n) is 4.34. The monoisotopic (exact) mass is 265 g/mol. The summed E-state index contributed by atoms with van der Waals surface area (Å²) in [7, 11) is 0. The molecule has 0 saturated carbocycles. The van der Waals surface area contributed by atoms with Gasteiger partial charge in [0, 0.05) is 24.1 Å². The van der Waals surface area contributed by atoms with Gasteiger partial charge in [-0.15, -0.1) is 0 Å². The van der Waals surface area contributed by atoms with Crippen LogP contribution in [0.15, 0.2) is 48.7 Å². The summed E-state index contributed by atoms with van der Waals surface area (Å²) in [5, 5.41) is 8.77. The third-order valence-corrected chi connectivity index (χ3v) is 3.00. The van der Waals surface area contributed by atoms with Crippen LogP contribution in [0.2, 0.25) is 0 Å². The van der Waals surface area contributed by atoms with Gasteiger partial charge in [0.15, 0.2) is 0 Å². The molecule has 20 heavy (non-hydrogen) atoms. The number of amides is 1. The lowest BCUT2D eigenvalue weighted by Crippen LogP contribution is -2.32. The summed E-state index contributed by atoms with van der Waals surface area (Å²) in [6.07, 6.45) is 1.95. The van der Waals surface area contributed by atoms with Crippen molar-refractivity contribution < 1.29 is 4.79 Å². The van der Waals surface area contributed by atoms with Crippen LogP contribution in [0.25, 0.3) is 0 Å². The van der Waals surface area contributed by atoms with Crippen molar-refractivity contribution >= 4 is 11.6 Å². The molecule has 2 rings (SSSR count). The van der Waals surface area contributed by atoms with Gasteiger partial charge in [0.2, 0.25) is 0 Å². The number of para-hydroxylation sites is 1. The molecule has 0 fully saturated rings. The Morgan fingerprint density at radius 1 is 1.25 bits per heavy atom. The van der Waals surface area contributed by atoms with Gasteiger partial charge < -0.3 is 4.90 Å². The third-order valence-electron chi connectivity index (χ3n) is 3.00. The van der Waals surface area contributed by atoms with Gasteiger partial charge in [-0.25, -0.2) is 0 Å². The minimum absolute atomic E-state index is 0.128. The molecular formula is C16H15N3O. The predicted molar refractivity (Wildman–Crippen MR) is 77.3 cm³/mol. The summed E-state index contributed by atoms with van der Waals surface area (Å²) >= 11 is 0. The zero-order valence-corrected chi connectivity index (χ0v) is 11.3. The standard InChI is InChI=1S/C16H15N3O/c1-13-15(9-5-11-18-13)16(20)19(12-6-10-17)14-7-3-2-4-8-14/h2-5,7-9,11H,6,12H2,1H3. The Balaban J connectivity index is 2.35. The van der Waals surface area contributed by atoms with Crippen LogP contribution in [0.3, 0.4) is 0 Å². The van der Waals surface area contributed by atoms with Crippen molar-refractivity contribution in [1.82, 2.24) is 4.98 Å². The highest BCUT2D eigenvalue weighted by Gasteiger charge is 2.19. The van der Waals surface area contributed by atoms with Crippen molar-refractivity contribution in [1.29, 1.82) is 5.26 Å². The van der Waals surface area contributed by atoms with E-state index in [0.717, 1.165) is 5.69 Å². The van der Waals surface area contributed by atoms with E-state index in [9.17, 15) is 4.79 Å². The summed E-state index contributed by atoms with van der Waals surface area (Å²) in [5.41, 5.74) is 2.04. The van der Waals surface area contributed by atoms with E-state index in [2.05, 4.69) is 11.1 Å². The van der Waals surface area contributed by atoms with Crippen LogP contribution in [0.1, 0.15) is 22.5 Å². The van der Waals surface area contributed by atoms with Crippen LogP contribution in [-0.2, 0) is 0 Å². The molecule has 0 aliphatic heterocycles. The topological polar surface area (TPSA) is 57.0 Å². The Hall–Kier alpha value is -2.67. The number of nitriles is 1. The molecule has 0 aliphatic rings. The minimum Gasteiger partial charge on any atom is -0.307 e. The average Bonchev–Trinajstić information content (AvgIpc) is 2.49. The molecule has 0 atom stereocenters. The molecule has 100 valence electrons. The summed E-state index contributed by atoms with van der Waals surface area (Å²) in [4.78, 5) is 18.4. The van der Waals surface area contributed by atoms with Crippen LogP contribution in [-0.4, -0.2) is 17.4 Å². The lowest BCUT2D eigenvalue weighted by atomic mass is 10.1. The maximum absolute atomic E-state index is 12.6. The van der Waals surface area contributed by atoms with Crippen molar-refractivity contribution in [2.75, 3.05) is 11.4 Å². The number of aryl methyl sites for hydroxylation is 1. The molecule has 4 heteroatoms.